The number of anilines is 2. The SMILES string of the molecule is CC1CCC(CNc2sc(C(N)=O)c(N)c2C(N)=O)C1. The van der Waals surface area contributed by atoms with Crippen molar-refractivity contribution >= 4 is 33.8 Å². The molecule has 7 N–H and O–H groups in total. The third-order valence-corrected chi connectivity index (χ3v) is 4.95. The Morgan fingerprint density at radius 1 is 1.30 bits per heavy atom. The second-order valence-corrected chi connectivity index (χ2v) is 6.46. The number of nitrogen functional groups attached to an aromatic ring is 1. The van der Waals surface area contributed by atoms with Crippen molar-refractivity contribution < 1.29 is 9.59 Å². The van der Waals surface area contributed by atoms with Crippen molar-refractivity contribution in [3.05, 3.63) is 10.4 Å². The molecule has 110 valence electrons. The normalized spacial score (nSPS) is 21.9. The van der Waals surface area contributed by atoms with E-state index in [0.717, 1.165) is 23.8 Å². The summed E-state index contributed by atoms with van der Waals surface area (Å²) in [4.78, 5) is 23.0. The smallest absolute Gasteiger partial charge is 0.260 e. The molecule has 1 saturated carbocycles. The van der Waals surface area contributed by atoms with Gasteiger partial charge in [-0.1, -0.05) is 13.3 Å². The van der Waals surface area contributed by atoms with E-state index in [1.54, 1.807) is 0 Å². The number of carbonyl (C=O) groups is 2. The predicted molar refractivity (Wildman–Crippen MR) is 80.8 cm³/mol. The molecule has 1 aliphatic carbocycles. The van der Waals surface area contributed by atoms with Crippen LogP contribution in [0.2, 0.25) is 0 Å². The van der Waals surface area contributed by atoms with Gasteiger partial charge in [0.05, 0.1) is 11.3 Å². The average molecular weight is 296 g/mol. The van der Waals surface area contributed by atoms with Crippen molar-refractivity contribution in [2.45, 2.75) is 26.2 Å². The van der Waals surface area contributed by atoms with Gasteiger partial charge in [-0.05, 0) is 24.7 Å². The fourth-order valence-electron chi connectivity index (χ4n) is 2.74. The Morgan fingerprint density at radius 2 is 2.00 bits per heavy atom. The number of nitrogens with one attached hydrogen (secondary N) is 1. The maximum absolute atomic E-state index is 11.5. The Hall–Kier alpha value is -1.76. The van der Waals surface area contributed by atoms with Crippen LogP contribution in [-0.2, 0) is 0 Å². The van der Waals surface area contributed by atoms with E-state index in [1.165, 1.54) is 19.3 Å². The molecular formula is C13H20N4O2S. The van der Waals surface area contributed by atoms with Crippen LogP contribution in [0.25, 0.3) is 0 Å². The highest BCUT2D eigenvalue weighted by Crippen LogP contribution is 2.36. The molecule has 0 bridgehead atoms. The van der Waals surface area contributed by atoms with Crippen LogP contribution in [0.5, 0.6) is 0 Å². The van der Waals surface area contributed by atoms with Crippen molar-refractivity contribution in [3.63, 3.8) is 0 Å². The quantitative estimate of drug-likeness (QED) is 0.655. The fraction of sp³-hybridized carbons (Fsp3) is 0.538. The average Bonchev–Trinajstić information content (AvgIpc) is 2.90. The van der Waals surface area contributed by atoms with Crippen LogP contribution in [-0.4, -0.2) is 18.4 Å². The minimum absolute atomic E-state index is 0.0808. The van der Waals surface area contributed by atoms with E-state index in [2.05, 4.69) is 12.2 Å². The van der Waals surface area contributed by atoms with Crippen LogP contribution in [0.15, 0.2) is 0 Å². The number of thiophene rings is 1. The lowest BCUT2D eigenvalue weighted by Crippen LogP contribution is -2.18. The van der Waals surface area contributed by atoms with Gasteiger partial charge in [-0.2, -0.15) is 0 Å². The van der Waals surface area contributed by atoms with Gasteiger partial charge in [-0.25, -0.2) is 0 Å². The van der Waals surface area contributed by atoms with Crippen LogP contribution < -0.4 is 22.5 Å². The van der Waals surface area contributed by atoms with E-state index >= 15 is 0 Å². The topological polar surface area (TPSA) is 124 Å². The minimum atomic E-state index is -0.645. The van der Waals surface area contributed by atoms with Gasteiger partial charge in [0.1, 0.15) is 9.88 Å². The number of carbonyl (C=O) groups excluding carboxylic acids is 2. The number of nitrogens with two attached hydrogens (primary N) is 3. The molecule has 1 aromatic heterocycles. The molecule has 2 unspecified atom stereocenters. The lowest BCUT2D eigenvalue weighted by atomic mass is 10.1. The van der Waals surface area contributed by atoms with Crippen molar-refractivity contribution in [2.75, 3.05) is 17.6 Å². The lowest BCUT2D eigenvalue weighted by molar-refractivity contribution is 0.0999. The van der Waals surface area contributed by atoms with Crippen LogP contribution in [0.4, 0.5) is 10.7 Å². The zero-order valence-electron chi connectivity index (χ0n) is 11.4. The molecule has 7 heteroatoms. The van der Waals surface area contributed by atoms with E-state index in [4.69, 9.17) is 17.2 Å². The zero-order valence-corrected chi connectivity index (χ0v) is 12.3. The number of hydrogen-bond acceptors (Lipinski definition) is 5. The van der Waals surface area contributed by atoms with Gasteiger partial charge in [0.25, 0.3) is 11.8 Å². The molecule has 0 radical (unpaired) electrons. The highest BCUT2D eigenvalue weighted by atomic mass is 32.1. The Labute approximate surface area is 121 Å². The summed E-state index contributed by atoms with van der Waals surface area (Å²) in [5.41, 5.74) is 16.6. The molecule has 0 saturated heterocycles. The van der Waals surface area contributed by atoms with Crippen molar-refractivity contribution in [2.24, 2.45) is 23.3 Å². The first-order valence-corrected chi connectivity index (χ1v) is 7.47. The van der Waals surface area contributed by atoms with Gasteiger partial charge in [-0.3, -0.25) is 9.59 Å². The van der Waals surface area contributed by atoms with Crippen LogP contribution in [0, 0.1) is 11.8 Å². The molecular weight excluding hydrogens is 276 g/mol. The van der Waals surface area contributed by atoms with Gasteiger partial charge < -0.3 is 22.5 Å². The third-order valence-electron chi connectivity index (χ3n) is 3.77. The second-order valence-electron chi connectivity index (χ2n) is 5.44. The van der Waals surface area contributed by atoms with Gasteiger partial charge in [0, 0.05) is 6.54 Å². The summed E-state index contributed by atoms with van der Waals surface area (Å²) in [6.07, 6.45) is 3.57. The Balaban J connectivity index is 2.16. The molecule has 2 amide bonds. The van der Waals surface area contributed by atoms with Gasteiger partial charge in [0.2, 0.25) is 0 Å². The number of primary amides is 2. The zero-order chi connectivity index (χ0) is 14.9. The molecule has 2 rings (SSSR count). The summed E-state index contributed by atoms with van der Waals surface area (Å²) in [5.74, 6) is 0.0316. The second kappa shape index (κ2) is 5.70. The number of hydrogen-bond donors (Lipinski definition) is 4. The summed E-state index contributed by atoms with van der Waals surface area (Å²) >= 11 is 1.10. The highest BCUT2D eigenvalue weighted by Gasteiger charge is 2.25. The van der Waals surface area contributed by atoms with E-state index in [0.29, 0.717) is 10.9 Å². The molecule has 1 heterocycles. The molecule has 6 nitrogen and oxygen atoms in total. The van der Waals surface area contributed by atoms with Gasteiger partial charge in [-0.15, -0.1) is 11.3 Å². The maximum atomic E-state index is 11.5. The van der Waals surface area contributed by atoms with Crippen molar-refractivity contribution in [1.29, 1.82) is 0 Å². The molecule has 20 heavy (non-hydrogen) atoms. The first-order valence-electron chi connectivity index (χ1n) is 6.65. The van der Waals surface area contributed by atoms with E-state index < -0.39 is 11.8 Å². The summed E-state index contributed by atoms with van der Waals surface area (Å²) in [6, 6.07) is 0. The summed E-state index contributed by atoms with van der Waals surface area (Å²) in [7, 11) is 0. The molecule has 2 atom stereocenters. The molecule has 0 aromatic carbocycles. The Morgan fingerprint density at radius 3 is 2.50 bits per heavy atom. The van der Waals surface area contributed by atoms with Crippen LogP contribution in [0.1, 0.15) is 46.2 Å². The largest absolute Gasteiger partial charge is 0.397 e. The molecule has 1 fully saturated rings. The van der Waals surface area contributed by atoms with E-state index in [9.17, 15) is 9.59 Å². The molecule has 0 aliphatic heterocycles. The summed E-state index contributed by atoms with van der Waals surface area (Å²) < 4.78 is 0. The van der Waals surface area contributed by atoms with Crippen LogP contribution in [0.3, 0.4) is 0 Å². The lowest BCUT2D eigenvalue weighted by Gasteiger charge is -2.11. The van der Waals surface area contributed by atoms with Gasteiger partial charge >= 0.3 is 0 Å². The van der Waals surface area contributed by atoms with E-state index in [-0.39, 0.29) is 16.1 Å². The third kappa shape index (κ3) is 2.87. The summed E-state index contributed by atoms with van der Waals surface area (Å²) in [5, 5.41) is 3.75. The highest BCUT2D eigenvalue weighted by molar-refractivity contribution is 7.19. The molecule has 1 aliphatic rings. The van der Waals surface area contributed by atoms with Crippen molar-refractivity contribution in [1.82, 2.24) is 0 Å². The van der Waals surface area contributed by atoms with Crippen molar-refractivity contribution in [3.8, 4) is 0 Å². The summed E-state index contributed by atoms with van der Waals surface area (Å²) in [6.45, 7) is 2.99. The Kier molecular flexibility index (Phi) is 4.17. The van der Waals surface area contributed by atoms with Crippen LogP contribution >= 0.6 is 11.3 Å². The Bertz CT molecular complexity index is 541. The fourth-order valence-corrected chi connectivity index (χ4v) is 3.73. The molecule has 0 spiro atoms. The van der Waals surface area contributed by atoms with Gasteiger partial charge in [0.15, 0.2) is 0 Å². The standard InChI is InChI=1S/C13H20N4O2S/c1-6-2-3-7(4-6)5-17-13-8(11(15)18)9(14)10(20-13)12(16)19/h6-7,17H,2-5,14H2,1H3,(H2,15,18)(H2,16,19). The predicted octanol–water partition coefficient (Wildman–Crippen LogP) is 1.38. The van der Waals surface area contributed by atoms with E-state index in [1.807, 2.05) is 0 Å². The first kappa shape index (κ1) is 14.6. The number of amides is 2. The monoisotopic (exact) mass is 296 g/mol. The maximum Gasteiger partial charge on any atom is 0.260 e. The molecule has 1 aromatic rings. The number of rotatable bonds is 5. The first-order chi connectivity index (χ1) is 9.40. The minimum Gasteiger partial charge on any atom is -0.397 e.